The van der Waals surface area contributed by atoms with E-state index in [0.717, 1.165) is 46.8 Å². The van der Waals surface area contributed by atoms with Crippen molar-refractivity contribution in [1.82, 2.24) is 0 Å². The Kier molecular flexibility index (Phi) is 5.33. The van der Waals surface area contributed by atoms with E-state index >= 15 is 0 Å². The van der Waals surface area contributed by atoms with Gasteiger partial charge in [0.1, 0.15) is 11.5 Å². The molecule has 0 bridgehead atoms. The molecule has 1 aliphatic heterocycles. The number of fused-ring (bicyclic) bond motifs is 2. The van der Waals surface area contributed by atoms with Crippen molar-refractivity contribution < 1.29 is 9.84 Å². The molecule has 150 valence electrons. The van der Waals surface area contributed by atoms with E-state index in [1.807, 2.05) is 12.1 Å². The molecule has 3 aromatic carbocycles. The number of anilines is 1. The van der Waals surface area contributed by atoms with Crippen LogP contribution in [0.3, 0.4) is 0 Å². The molecule has 0 saturated carbocycles. The lowest BCUT2D eigenvalue weighted by Crippen LogP contribution is -2.22. The summed E-state index contributed by atoms with van der Waals surface area (Å²) in [4.78, 5) is 2.33. The second kappa shape index (κ2) is 7.92. The van der Waals surface area contributed by atoms with E-state index in [1.54, 1.807) is 0 Å². The Morgan fingerprint density at radius 2 is 1.52 bits per heavy atom. The van der Waals surface area contributed by atoms with E-state index < -0.39 is 0 Å². The molecule has 0 spiro atoms. The molecule has 4 rings (SSSR count). The van der Waals surface area contributed by atoms with Crippen LogP contribution in [0.1, 0.15) is 53.1 Å². The largest absolute Gasteiger partial charge is 0.457 e. The number of hydrogen-bond donors (Lipinski definition) is 1. The minimum absolute atomic E-state index is 0.0283. The molecule has 3 aromatic rings. The maximum absolute atomic E-state index is 9.99. The molecule has 0 aliphatic carbocycles. The number of nitrogens with zero attached hydrogens (tertiary/aromatic N) is 1. The van der Waals surface area contributed by atoms with E-state index in [9.17, 15) is 5.11 Å². The molecule has 0 saturated heterocycles. The van der Waals surface area contributed by atoms with E-state index in [0.29, 0.717) is 0 Å². The second-order valence-corrected chi connectivity index (χ2v) is 7.76. The first-order chi connectivity index (χ1) is 14.1. The minimum Gasteiger partial charge on any atom is -0.457 e. The zero-order valence-corrected chi connectivity index (χ0v) is 17.7. The molecule has 0 fully saturated rings. The van der Waals surface area contributed by atoms with Crippen molar-refractivity contribution in [2.24, 2.45) is 0 Å². The summed E-state index contributed by atoms with van der Waals surface area (Å²) >= 11 is 0. The van der Waals surface area contributed by atoms with Gasteiger partial charge in [-0.1, -0.05) is 36.4 Å². The normalized spacial score (nSPS) is 14.7. The van der Waals surface area contributed by atoms with Crippen molar-refractivity contribution in [2.75, 3.05) is 18.0 Å². The highest BCUT2D eigenvalue weighted by Crippen LogP contribution is 2.49. The predicted octanol–water partition coefficient (Wildman–Crippen LogP) is 5.93. The highest BCUT2D eigenvalue weighted by atomic mass is 16.5. The van der Waals surface area contributed by atoms with Crippen molar-refractivity contribution in [3.63, 3.8) is 0 Å². The zero-order chi connectivity index (χ0) is 20.5. The Morgan fingerprint density at radius 1 is 0.828 bits per heavy atom. The van der Waals surface area contributed by atoms with Crippen molar-refractivity contribution >= 4 is 5.69 Å². The van der Waals surface area contributed by atoms with Crippen LogP contribution in [0.15, 0.2) is 54.6 Å². The van der Waals surface area contributed by atoms with Gasteiger partial charge in [0, 0.05) is 41.9 Å². The fourth-order valence-corrected chi connectivity index (χ4v) is 4.34. The molecule has 1 N–H and O–H groups in total. The Hall–Kier alpha value is -2.78. The number of benzene rings is 3. The summed E-state index contributed by atoms with van der Waals surface area (Å²) in [6.07, 6.45) is 0. The fourth-order valence-electron chi connectivity index (χ4n) is 4.34. The number of hydrogen-bond acceptors (Lipinski definition) is 3. The van der Waals surface area contributed by atoms with Gasteiger partial charge in [-0.3, -0.25) is 0 Å². The van der Waals surface area contributed by atoms with Crippen LogP contribution >= 0.6 is 0 Å². The zero-order valence-electron chi connectivity index (χ0n) is 17.7. The van der Waals surface area contributed by atoms with E-state index in [1.165, 1.54) is 16.8 Å². The Balaban J connectivity index is 1.94. The van der Waals surface area contributed by atoms with Gasteiger partial charge in [0.2, 0.25) is 0 Å². The second-order valence-electron chi connectivity index (χ2n) is 7.76. The minimum atomic E-state index is 0.0283. The summed E-state index contributed by atoms with van der Waals surface area (Å²) in [6.45, 7) is 10.6. The highest BCUT2D eigenvalue weighted by Gasteiger charge is 2.31. The first kappa shape index (κ1) is 19.5. The van der Waals surface area contributed by atoms with Gasteiger partial charge in [0.05, 0.1) is 6.61 Å². The van der Waals surface area contributed by atoms with Crippen molar-refractivity contribution in [3.05, 3.63) is 88.0 Å². The molecule has 1 aliphatic rings. The van der Waals surface area contributed by atoms with Gasteiger partial charge in [-0.25, -0.2) is 0 Å². The standard InChI is InChI=1S/C26H29NO2/c1-5-27(6-2)20-11-12-22-25(15-20)29-24-14-18(4)17(3)13-23(24)26(22)21-10-8-7-9-19(21)16-28/h7-15,26,28H,5-6,16H2,1-4H3. The van der Waals surface area contributed by atoms with Crippen LogP contribution in [0.2, 0.25) is 0 Å². The summed E-state index contributed by atoms with van der Waals surface area (Å²) in [7, 11) is 0. The van der Waals surface area contributed by atoms with Crippen LogP contribution < -0.4 is 9.64 Å². The van der Waals surface area contributed by atoms with E-state index in [4.69, 9.17) is 4.74 Å². The maximum Gasteiger partial charge on any atom is 0.133 e. The van der Waals surface area contributed by atoms with Crippen LogP contribution in [-0.2, 0) is 6.61 Å². The molecule has 1 atom stereocenters. The summed E-state index contributed by atoms with van der Waals surface area (Å²) in [5.74, 6) is 1.86. The SMILES string of the molecule is CCN(CC)c1ccc2c(c1)Oc1cc(C)c(C)cc1C2c1ccccc1CO. The molecule has 0 aromatic heterocycles. The molecular weight excluding hydrogens is 358 g/mol. The molecule has 3 nitrogen and oxygen atoms in total. The summed E-state index contributed by atoms with van der Waals surface area (Å²) < 4.78 is 6.43. The highest BCUT2D eigenvalue weighted by molar-refractivity contribution is 5.64. The van der Waals surface area contributed by atoms with Crippen molar-refractivity contribution in [2.45, 2.75) is 40.2 Å². The summed E-state index contributed by atoms with van der Waals surface area (Å²) in [6, 6.07) is 19.1. The molecule has 0 amide bonds. The average Bonchev–Trinajstić information content (AvgIpc) is 2.74. The van der Waals surface area contributed by atoms with Crippen molar-refractivity contribution in [3.8, 4) is 11.5 Å². The third-order valence-corrected chi connectivity index (χ3v) is 6.13. The molecule has 3 heteroatoms. The predicted molar refractivity (Wildman–Crippen MR) is 119 cm³/mol. The molecular formula is C26H29NO2. The van der Waals surface area contributed by atoms with Gasteiger partial charge >= 0.3 is 0 Å². The Bertz CT molecular complexity index is 1040. The lowest BCUT2D eigenvalue weighted by molar-refractivity contribution is 0.280. The smallest absolute Gasteiger partial charge is 0.133 e. The number of ether oxygens (including phenoxy) is 1. The molecule has 0 radical (unpaired) electrons. The van der Waals surface area contributed by atoms with Gasteiger partial charge < -0.3 is 14.7 Å². The van der Waals surface area contributed by atoms with Crippen LogP contribution in [-0.4, -0.2) is 18.2 Å². The lowest BCUT2D eigenvalue weighted by Gasteiger charge is -2.32. The topological polar surface area (TPSA) is 32.7 Å². The van der Waals surface area contributed by atoms with E-state index in [2.05, 4.69) is 75.1 Å². The Labute approximate surface area is 173 Å². The fraction of sp³-hybridized carbons (Fsp3) is 0.308. The van der Waals surface area contributed by atoms with Gasteiger partial charge in [0.25, 0.3) is 0 Å². The quantitative estimate of drug-likeness (QED) is 0.461. The molecule has 1 heterocycles. The number of rotatable bonds is 5. The molecule has 1 unspecified atom stereocenters. The maximum atomic E-state index is 9.99. The summed E-state index contributed by atoms with van der Waals surface area (Å²) in [5.41, 5.74) is 8.06. The lowest BCUT2D eigenvalue weighted by atomic mass is 9.79. The van der Waals surface area contributed by atoms with Crippen LogP contribution in [0, 0.1) is 13.8 Å². The Morgan fingerprint density at radius 3 is 2.24 bits per heavy atom. The van der Waals surface area contributed by atoms with Gasteiger partial charge in [-0.15, -0.1) is 0 Å². The third-order valence-electron chi connectivity index (χ3n) is 6.13. The monoisotopic (exact) mass is 387 g/mol. The van der Waals surface area contributed by atoms with E-state index in [-0.39, 0.29) is 12.5 Å². The van der Waals surface area contributed by atoms with Crippen molar-refractivity contribution in [1.29, 1.82) is 0 Å². The van der Waals surface area contributed by atoms with Crippen LogP contribution in [0.5, 0.6) is 11.5 Å². The van der Waals surface area contributed by atoms with Gasteiger partial charge in [-0.05, 0) is 62.1 Å². The first-order valence-corrected chi connectivity index (χ1v) is 10.4. The summed E-state index contributed by atoms with van der Waals surface area (Å²) in [5, 5.41) is 9.99. The third kappa shape index (κ3) is 3.40. The first-order valence-electron chi connectivity index (χ1n) is 10.4. The van der Waals surface area contributed by atoms with Gasteiger partial charge in [0.15, 0.2) is 0 Å². The average molecular weight is 388 g/mol. The van der Waals surface area contributed by atoms with Crippen LogP contribution in [0.4, 0.5) is 5.69 Å². The number of aliphatic hydroxyl groups excluding tert-OH is 1. The van der Waals surface area contributed by atoms with Gasteiger partial charge in [-0.2, -0.15) is 0 Å². The number of aryl methyl sites for hydroxylation is 2. The van der Waals surface area contributed by atoms with Crippen LogP contribution in [0.25, 0.3) is 0 Å². The molecule has 29 heavy (non-hydrogen) atoms. The number of aliphatic hydroxyl groups is 1.